The first kappa shape index (κ1) is 11.8. The van der Waals surface area contributed by atoms with Crippen LogP contribution in [0.2, 0.25) is 0 Å². The SMILES string of the molecule is CCC#CC#CCOCCC(C)=O. The fourth-order valence-electron chi connectivity index (χ4n) is 0.552. The summed E-state index contributed by atoms with van der Waals surface area (Å²) >= 11 is 0. The molecule has 0 saturated heterocycles. The lowest BCUT2D eigenvalue weighted by atomic mass is 10.3. The normalized spacial score (nSPS) is 7.85. The van der Waals surface area contributed by atoms with Crippen molar-refractivity contribution in [3.8, 4) is 23.7 Å². The van der Waals surface area contributed by atoms with Crippen molar-refractivity contribution in [2.24, 2.45) is 0 Å². The monoisotopic (exact) mass is 178 g/mol. The predicted octanol–water partition coefficient (Wildman–Crippen LogP) is 1.40. The smallest absolute Gasteiger partial charge is 0.132 e. The number of hydrogen-bond acceptors (Lipinski definition) is 2. The highest BCUT2D eigenvalue weighted by Crippen LogP contribution is 1.82. The molecule has 0 radical (unpaired) electrons. The molecule has 70 valence electrons. The van der Waals surface area contributed by atoms with Crippen LogP contribution < -0.4 is 0 Å². The quantitative estimate of drug-likeness (QED) is 0.480. The third kappa shape index (κ3) is 10.8. The molecule has 13 heavy (non-hydrogen) atoms. The molecule has 0 unspecified atom stereocenters. The maximum atomic E-state index is 10.5. The molecule has 0 atom stereocenters. The lowest BCUT2D eigenvalue weighted by Crippen LogP contribution is -2.00. The highest BCUT2D eigenvalue weighted by Gasteiger charge is 1.90. The Bertz CT molecular complexity index is 257. The van der Waals surface area contributed by atoms with Gasteiger partial charge in [-0.3, -0.25) is 4.79 Å². The van der Waals surface area contributed by atoms with Gasteiger partial charge in [0.05, 0.1) is 6.61 Å². The Labute approximate surface area is 79.7 Å². The van der Waals surface area contributed by atoms with Gasteiger partial charge in [0.15, 0.2) is 0 Å². The first-order valence-electron chi connectivity index (χ1n) is 4.30. The van der Waals surface area contributed by atoms with Crippen molar-refractivity contribution in [2.75, 3.05) is 13.2 Å². The van der Waals surface area contributed by atoms with Crippen LogP contribution in [0.4, 0.5) is 0 Å². The zero-order chi connectivity index (χ0) is 9.94. The van der Waals surface area contributed by atoms with Crippen LogP contribution in [0.3, 0.4) is 0 Å². The van der Waals surface area contributed by atoms with Crippen LogP contribution in [0.15, 0.2) is 0 Å². The summed E-state index contributed by atoms with van der Waals surface area (Å²) in [7, 11) is 0. The standard InChI is InChI=1S/C11H14O2/c1-3-4-5-6-7-9-13-10-8-11(2)12/h3,8-10H2,1-2H3. The van der Waals surface area contributed by atoms with Crippen molar-refractivity contribution in [2.45, 2.75) is 26.7 Å². The molecule has 0 aromatic rings. The number of ketones is 1. The summed E-state index contributed by atoms with van der Waals surface area (Å²) in [5.41, 5.74) is 0. The minimum Gasteiger partial charge on any atom is -0.368 e. The maximum Gasteiger partial charge on any atom is 0.132 e. The Morgan fingerprint density at radius 3 is 2.62 bits per heavy atom. The molecule has 2 nitrogen and oxygen atoms in total. The van der Waals surface area contributed by atoms with Gasteiger partial charge in [0.1, 0.15) is 12.4 Å². The van der Waals surface area contributed by atoms with E-state index in [1.54, 1.807) is 6.92 Å². The second kappa shape index (κ2) is 8.84. The summed E-state index contributed by atoms with van der Waals surface area (Å²) in [6, 6.07) is 0. The average Bonchev–Trinajstić information content (AvgIpc) is 2.09. The Balaban J connectivity index is 3.33. The first-order valence-corrected chi connectivity index (χ1v) is 4.30. The highest BCUT2D eigenvalue weighted by molar-refractivity contribution is 5.75. The minimum absolute atomic E-state index is 0.138. The van der Waals surface area contributed by atoms with Gasteiger partial charge in [0.2, 0.25) is 0 Å². The third-order valence-corrected chi connectivity index (χ3v) is 1.19. The molecule has 2 heteroatoms. The second-order valence-corrected chi connectivity index (χ2v) is 2.46. The lowest BCUT2D eigenvalue weighted by molar-refractivity contribution is -0.117. The number of carbonyl (C=O) groups excluding carboxylic acids is 1. The summed E-state index contributed by atoms with van der Waals surface area (Å²) in [6.07, 6.45) is 1.28. The van der Waals surface area contributed by atoms with E-state index in [4.69, 9.17) is 4.74 Å². The molecule has 0 aromatic carbocycles. The Morgan fingerprint density at radius 2 is 2.00 bits per heavy atom. The molecule has 0 heterocycles. The van der Waals surface area contributed by atoms with Gasteiger partial charge >= 0.3 is 0 Å². The van der Waals surface area contributed by atoms with Gasteiger partial charge in [-0.2, -0.15) is 0 Å². The van der Waals surface area contributed by atoms with E-state index in [2.05, 4.69) is 23.7 Å². The van der Waals surface area contributed by atoms with Crippen molar-refractivity contribution in [3.05, 3.63) is 0 Å². The summed E-state index contributed by atoms with van der Waals surface area (Å²) in [5, 5.41) is 0. The maximum absolute atomic E-state index is 10.5. The first-order chi connectivity index (χ1) is 6.27. The van der Waals surface area contributed by atoms with Gasteiger partial charge < -0.3 is 4.74 Å². The van der Waals surface area contributed by atoms with Crippen LogP contribution in [0.25, 0.3) is 0 Å². The lowest BCUT2D eigenvalue weighted by Gasteiger charge is -1.94. The van der Waals surface area contributed by atoms with E-state index in [-0.39, 0.29) is 5.78 Å². The summed E-state index contributed by atoms with van der Waals surface area (Å²) < 4.78 is 5.06. The molecule has 0 spiro atoms. The van der Waals surface area contributed by atoms with Crippen LogP contribution in [0.5, 0.6) is 0 Å². The van der Waals surface area contributed by atoms with E-state index in [0.29, 0.717) is 19.6 Å². The van der Waals surface area contributed by atoms with Gasteiger partial charge in [-0.05, 0) is 18.8 Å². The van der Waals surface area contributed by atoms with Crippen LogP contribution in [0.1, 0.15) is 26.7 Å². The van der Waals surface area contributed by atoms with Crippen molar-refractivity contribution >= 4 is 5.78 Å². The van der Waals surface area contributed by atoms with Crippen LogP contribution in [-0.2, 0) is 9.53 Å². The third-order valence-electron chi connectivity index (χ3n) is 1.19. The van der Waals surface area contributed by atoms with Crippen LogP contribution in [0, 0.1) is 23.7 Å². The molecular weight excluding hydrogens is 164 g/mol. The number of hydrogen-bond donors (Lipinski definition) is 0. The average molecular weight is 178 g/mol. The topological polar surface area (TPSA) is 26.3 Å². The molecule has 0 amide bonds. The zero-order valence-corrected chi connectivity index (χ0v) is 8.14. The van der Waals surface area contributed by atoms with E-state index < -0.39 is 0 Å². The van der Waals surface area contributed by atoms with E-state index in [9.17, 15) is 4.79 Å². The van der Waals surface area contributed by atoms with Gasteiger partial charge in [0, 0.05) is 12.8 Å². The number of rotatable bonds is 4. The largest absolute Gasteiger partial charge is 0.368 e. The molecule has 0 saturated carbocycles. The fourth-order valence-corrected chi connectivity index (χ4v) is 0.552. The van der Waals surface area contributed by atoms with E-state index >= 15 is 0 Å². The van der Waals surface area contributed by atoms with E-state index in [1.807, 2.05) is 6.92 Å². The molecule has 0 rings (SSSR count). The second-order valence-electron chi connectivity index (χ2n) is 2.46. The van der Waals surface area contributed by atoms with Gasteiger partial charge in [-0.25, -0.2) is 0 Å². The molecular formula is C11H14O2. The highest BCUT2D eigenvalue weighted by atomic mass is 16.5. The molecule has 0 aliphatic rings. The van der Waals surface area contributed by atoms with Crippen molar-refractivity contribution in [1.82, 2.24) is 0 Å². The van der Waals surface area contributed by atoms with Gasteiger partial charge in [-0.15, -0.1) is 0 Å². The predicted molar refractivity (Wildman–Crippen MR) is 52.0 cm³/mol. The fraction of sp³-hybridized carbons (Fsp3) is 0.545. The summed E-state index contributed by atoms with van der Waals surface area (Å²) in [4.78, 5) is 10.5. The van der Waals surface area contributed by atoms with Crippen LogP contribution >= 0.6 is 0 Å². The zero-order valence-electron chi connectivity index (χ0n) is 8.14. The van der Waals surface area contributed by atoms with Crippen LogP contribution in [-0.4, -0.2) is 19.0 Å². The Kier molecular flexibility index (Phi) is 7.99. The van der Waals surface area contributed by atoms with E-state index in [0.717, 1.165) is 6.42 Å². The van der Waals surface area contributed by atoms with Gasteiger partial charge in [-0.1, -0.05) is 18.8 Å². The molecule has 0 aliphatic heterocycles. The van der Waals surface area contributed by atoms with Gasteiger partial charge in [0.25, 0.3) is 0 Å². The van der Waals surface area contributed by atoms with Crippen molar-refractivity contribution in [3.63, 3.8) is 0 Å². The number of Topliss-reactive ketones (excluding diaryl/α,β-unsaturated/α-hetero) is 1. The Morgan fingerprint density at radius 1 is 1.31 bits per heavy atom. The molecule has 0 N–H and O–H groups in total. The van der Waals surface area contributed by atoms with E-state index in [1.165, 1.54) is 0 Å². The number of carbonyl (C=O) groups is 1. The number of ether oxygens (including phenoxy) is 1. The summed E-state index contributed by atoms with van der Waals surface area (Å²) in [6.45, 7) is 4.32. The van der Waals surface area contributed by atoms with Crippen molar-refractivity contribution in [1.29, 1.82) is 0 Å². The molecule has 0 aromatic heterocycles. The summed E-state index contributed by atoms with van der Waals surface area (Å²) in [5.74, 6) is 11.0. The molecule has 0 bridgehead atoms. The molecule has 0 fully saturated rings. The molecule has 0 aliphatic carbocycles. The minimum atomic E-state index is 0.138. The Hall–Kier alpha value is -1.25. The van der Waals surface area contributed by atoms with Crippen molar-refractivity contribution < 1.29 is 9.53 Å².